The molecular weight excluding hydrogens is 286 g/mol. The number of ether oxygens (including phenoxy) is 1. The van der Waals surface area contributed by atoms with Gasteiger partial charge in [-0.1, -0.05) is 19.9 Å². The molecule has 2 rings (SSSR count). The number of hydrogen-bond donors (Lipinski definition) is 0. The summed E-state index contributed by atoms with van der Waals surface area (Å²) in [6, 6.07) is 8.00. The summed E-state index contributed by atoms with van der Waals surface area (Å²) in [5.74, 6) is 1.48. The van der Waals surface area contributed by atoms with E-state index < -0.39 is 0 Å². The molecule has 1 unspecified atom stereocenters. The van der Waals surface area contributed by atoms with Gasteiger partial charge in [0.2, 0.25) is 0 Å². The Morgan fingerprint density at radius 1 is 1.43 bits per heavy atom. The summed E-state index contributed by atoms with van der Waals surface area (Å²) in [6.45, 7) is 7.58. The van der Waals surface area contributed by atoms with Gasteiger partial charge in [0.05, 0.1) is 29.6 Å². The Balaban J connectivity index is 2.62. The molecule has 2 aromatic rings. The van der Waals surface area contributed by atoms with E-state index in [1.165, 1.54) is 0 Å². The highest BCUT2D eigenvalue weighted by Gasteiger charge is 2.22. The molecule has 112 valence electrons. The number of fused-ring (bicyclic) bond motifs is 1. The Bertz CT molecular complexity index is 657. The number of nitrogens with zero attached hydrogens (tertiary/aromatic N) is 3. The van der Waals surface area contributed by atoms with Gasteiger partial charge in [0.1, 0.15) is 17.4 Å². The van der Waals surface area contributed by atoms with Crippen molar-refractivity contribution in [2.24, 2.45) is 5.92 Å². The first-order valence-corrected chi connectivity index (χ1v) is 7.71. The second-order valence-electron chi connectivity index (χ2n) is 5.29. The van der Waals surface area contributed by atoms with Crippen molar-refractivity contribution in [1.29, 1.82) is 5.26 Å². The number of para-hydroxylation sites is 1. The predicted molar refractivity (Wildman–Crippen MR) is 84.4 cm³/mol. The van der Waals surface area contributed by atoms with Crippen LogP contribution >= 0.6 is 11.6 Å². The van der Waals surface area contributed by atoms with Gasteiger partial charge < -0.3 is 9.30 Å². The van der Waals surface area contributed by atoms with Gasteiger partial charge >= 0.3 is 0 Å². The minimum atomic E-state index is 0.151. The van der Waals surface area contributed by atoms with E-state index in [9.17, 15) is 5.26 Å². The van der Waals surface area contributed by atoms with Gasteiger partial charge in [0, 0.05) is 6.61 Å². The minimum absolute atomic E-state index is 0.151. The summed E-state index contributed by atoms with van der Waals surface area (Å²) in [4.78, 5) is 4.57. The van der Waals surface area contributed by atoms with Crippen LogP contribution in [0.2, 0.25) is 0 Å². The van der Waals surface area contributed by atoms with Gasteiger partial charge in [-0.15, -0.1) is 11.6 Å². The smallest absolute Gasteiger partial charge is 0.125 e. The van der Waals surface area contributed by atoms with Crippen LogP contribution in [0.1, 0.15) is 38.2 Å². The zero-order valence-electron chi connectivity index (χ0n) is 12.6. The first kappa shape index (κ1) is 15.8. The highest BCUT2D eigenvalue weighted by molar-refractivity contribution is 6.16. The molecule has 1 aromatic carbocycles. The van der Waals surface area contributed by atoms with E-state index in [2.05, 4.69) is 29.5 Å². The molecule has 0 spiro atoms. The molecule has 1 aromatic heterocycles. The SMILES string of the molecule is CCOCC(C(C)C)n1c(CCl)nc2c(C#N)cccc21. The number of imidazole rings is 1. The monoisotopic (exact) mass is 305 g/mol. The maximum Gasteiger partial charge on any atom is 0.125 e. The molecule has 5 heteroatoms. The highest BCUT2D eigenvalue weighted by Crippen LogP contribution is 2.28. The third kappa shape index (κ3) is 3.04. The predicted octanol–water partition coefficient (Wildman–Crippen LogP) is 3.88. The summed E-state index contributed by atoms with van der Waals surface area (Å²) in [7, 11) is 0. The normalized spacial score (nSPS) is 12.8. The number of halogens is 1. The lowest BCUT2D eigenvalue weighted by Gasteiger charge is -2.24. The van der Waals surface area contributed by atoms with E-state index in [0.29, 0.717) is 30.6 Å². The Hall–Kier alpha value is -1.57. The van der Waals surface area contributed by atoms with Gasteiger partial charge in [0.25, 0.3) is 0 Å². The molecule has 0 fully saturated rings. The molecule has 1 atom stereocenters. The number of hydrogen-bond acceptors (Lipinski definition) is 3. The fourth-order valence-electron chi connectivity index (χ4n) is 2.52. The fraction of sp³-hybridized carbons (Fsp3) is 0.500. The molecular formula is C16H20ClN3O. The number of benzene rings is 1. The van der Waals surface area contributed by atoms with Crippen LogP contribution in [-0.4, -0.2) is 22.8 Å². The van der Waals surface area contributed by atoms with Crippen molar-refractivity contribution in [3.05, 3.63) is 29.6 Å². The molecule has 1 heterocycles. The molecule has 0 aliphatic carbocycles. The van der Waals surface area contributed by atoms with Crippen molar-refractivity contribution in [1.82, 2.24) is 9.55 Å². The average molecular weight is 306 g/mol. The molecule has 0 N–H and O–H groups in total. The highest BCUT2D eigenvalue weighted by atomic mass is 35.5. The van der Waals surface area contributed by atoms with Gasteiger partial charge in [-0.05, 0) is 25.0 Å². The van der Waals surface area contributed by atoms with Crippen LogP contribution in [-0.2, 0) is 10.6 Å². The van der Waals surface area contributed by atoms with Crippen LogP contribution in [0.25, 0.3) is 11.0 Å². The molecule has 0 aliphatic rings. The van der Waals surface area contributed by atoms with Crippen molar-refractivity contribution in [2.75, 3.05) is 13.2 Å². The molecule has 0 aliphatic heterocycles. The summed E-state index contributed by atoms with van der Waals surface area (Å²) in [5, 5.41) is 9.24. The Labute approximate surface area is 130 Å². The van der Waals surface area contributed by atoms with Crippen molar-refractivity contribution in [3.8, 4) is 6.07 Å². The Morgan fingerprint density at radius 2 is 2.19 bits per heavy atom. The largest absolute Gasteiger partial charge is 0.380 e. The average Bonchev–Trinajstić information content (AvgIpc) is 2.86. The second-order valence-corrected chi connectivity index (χ2v) is 5.55. The maximum atomic E-state index is 9.24. The summed E-state index contributed by atoms with van der Waals surface area (Å²) < 4.78 is 7.76. The Kier molecular flexibility index (Phi) is 5.22. The third-order valence-electron chi connectivity index (χ3n) is 3.63. The lowest BCUT2D eigenvalue weighted by Crippen LogP contribution is -2.22. The number of alkyl halides is 1. The number of nitriles is 1. The van der Waals surface area contributed by atoms with Gasteiger partial charge in [-0.3, -0.25) is 0 Å². The van der Waals surface area contributed by atoms with Crippen molar-refractivity contribution < 1.29 is 4.74 Å². The summed E-state index contributed by atoms with van der Waals surface area (Å²) in [5.41, 5.74) is 2.25. The summed E-state index contributed by atoms with van der Waals surface area (Å²) in [6.07, 6.45) is 0. The third-order valence-corrected chi connectivity index (χ3v) is 3.87. The fourth-order valence-corrected chi connectivity index (χ4v) is 2.71. The maximum absolute atomic E-state index is 9.24. The van der Waals surface area contributed by atoms with E-state index in [1.54, 1.807) is 6.07 Å². The number of rotatable bonds is 6. The second kappa shape index (κ2) is 6.93. The van der Waals surface area contributed by atoms with Crippen molar-refractivity contribution >= 4 is 22.6 Å². The molecule has 0 amide bonds. The zero-order chi connectivity index (χ0) is 15.4. The number of aromatic nitrogens is 2. The zero-order valence-corrected chi connectivity index (χ0v) is 13.4. The van der Waals surface area contributed by atoms with Crippen LogP contribution < -0.4 is 0 Å². The molecule has 0 saturated carbocycles. The van der Waals surface area contributed by atoms with Gasteiger partial charge in [0.15, 0.2) is 0 Å². The van der Waals surface area contributed by atoms with Crippen molar-refractivity contribution in [3.63, 3.8) is 0 Å². The van der Waals surface area contributed by atoms with E-state index in [0.717, 1.165) is 16.9 Å². The quantitative estimate of drug-likeness (QED) is 0.761. The van der Waals surface area contributed by atoms with Crippen molar-refractivity contribution in [2.45, 2.75) is 32.7 Å². The molecule has 0 saturated heterocycles. The topological polar surface area (TPSA) is 50.8 Å². The van der Waals surface area contributed by atoms with Gasteiger partial charge in [-0.2, -0.15) is 5.26 Å². The molecule has 21 heavy (non-hydrogen) atoms. The molecule has 0 bridgehead atoms. The van der Waals surface area contributed by atoms with E-state index in [4.69, 9.17) is 16.3 Å². The van der Waals surface area contributed by atoms with E-state index in [-0.39, 0.29) is 6.04 Å². The summed E-state index contributed by atoms with van der Waals surface area (Å²) >= 11 is 6.07. The van der Waals surface area contributed by atoms with Crippen LogP contribution in [0.3, 0.4) is 0 Å². The lowest BCUT2D eigenvalue weighted by molar-refractivity contribution is 0.0971. The van der Waals surface area contributed by atoms with Crippen LogP contribution in [0.15, 0.2) is 18.2 Å². The lowest BCUT2D eigenvalue weighted by atomic mass is 10.0. The van der Waals surface area contributed by atoms with E-state index in [1.807, 2.05) is 19.1 Å². The van der Waals surface area contributed by atoms with Crippen LogP contribution in [0.5, 0.6) is 0 Å². The van der Waals surface area contributed by atoms with Crippen LogP contribution in [0.4, 0.5) is 0 Å². The first-order valence-electron chi connectivity index (χ1n) is 7.17. The Morgan fingerprint density at radius 3 is 2.76 bits per heavy atom. The molecule has 0 radical (unpaired) electrons. The van der Waals surface area contributed by atoms with Gasteiger partial charge in [-0.25, -0.2) is 4.98 Å². The van der Waals surface area contributed by atoms with E-state index >= 15 is 0 Å². The van der Waals surface area contributed by atoms with Crippen LogP contribution in [0, 0.1) is 17.2 Å². The molecule has 4 nitrogen and oxygen atoms in total. The standard InChI is InChI=1S/C16H20ClN3O/c1-4-21-10-14(11(2)3)20-13-7-5-6-12(9-18)16(13)19-15(20)8-17/h5-7,11,14H,4,8,10H2,1-3H3. The minimum Gasteiger partial charge on any atom is -0.380 e. The first-order chi connectivity index (χ1) is 10.1.